The first-order valence-corrected chi connectivity index (χ1v) is 10.6. The first kappa shape index (κ1) is 23.5. The number of carbonyl (C=O) groups is 3. The average Bonchev–Trinajstić information content (AvgIpc) is 2.85. The Morgan fingerprint density at radius 1 is 0.909 bits per heavy atom. The zero-order valence-corrected chi connectivity index (χ0v) is 18.2. The third-order valence-electron chi connectivity index (χ3n) is 5.18. The second-order valence-electron chi connectivity index (χ2n) is 7.57. The van der Waals surface area contributed by atoms with Gasteiger partial charge in [-0.1, -0.05) is 73.3 Å². The Balaban J connectivity index is 1.66. The smallest absolute Gasteiger partial charge is 0.303 e. The van der Waals surface area contributed by atoms with Crippen LogP contribution in [0.5, 0.6) is 0 Å². The summed E-state index contributed by atoms with van der Waals surface area (Å²) < 4.78 is 0. The molecule has 0 bridgehead atoms. The molecule has 0 saturated heterocycles. The lowest BCUT2D eigenvalue weighted by atomic mass is 10.0. The number of nitrogens with one attached hydrogen (secondary N) is 2. The van der Waals surface area contributed by atoms with Gasteiger partial charge >= 0.3 is 5.97 Å². The third kappa shape index (κ3) is 6.90. The van der Waals surface area contributed by atoms with E-state index in [2.05, 4.69) is 17.2 Å². The summed E-state index contributed by atoms with van der Waals surface area (Å²) >= 11 is 0. The number of rotatable bonds is 10. The molecule has 3 aromatic rings. The van der Waals surface area contributed by atoms with E-state index in [1.165, 1.54) is 0 Å². The number of carboxylic acids is 1. The van der Waals surface area contributed by atoms with Gasteiger partial charge in [0.1, 0.15) is 6.04 Å². The molecule has 0 aromatic heterocycles. The van der Waals surface area contributed by atoms with Crippen LogP contribution in [0.4, 0.5) is 0 Å². The van der Waals surface area contributed by atoms with E-state index in [9.17, 15) is 14.4 Å². The molecule has 0 spiro atoms. The third-order valence-corrected chi connectivity index (χ3v) is 5.18. The molecule has 6 heteroatoms. The maximum Gasteiger partial charge on any atom is 0.303 e. The molecule has 3 rings (SSSR count). The zero-order valence-electron chi connectivity index (χ0n) is 18.2. The number of benzene rings is 3. The molecule has 0 aliphatic rings. The molecule has 0 aliphatic carbocycles. The Kier molecular flexibility index (Phi) is 8.13. The van der Waals surface area contributed by atoms with E-state index in [4.69, 9.17) is 5.11 Å². The average molecular weight is 443 g/mol. The van der Waals surface area contributed by atoms with Crippen LogP contribution in [-0.2, 0) is 16.1 Å². The summed E-state index contributed by atoms with van der Waals surface area (Å²) in [4.78, 5) is 36.6. The number of hydrogen-bond acceptors (Lipinski definition) is 3. The van der Waals surface area contributed by atoms with Gasteiger partial charge < -0.3 is 15.7 Å². The lowest BCUT2D eigenvalue weighted by Gasteiger charge is -2.18. The zero-order chi connectivity index (χ0) is 23.6. The largest absolute Gasteiger partial charge is 0.481 e. The number of aliphatic carboxylic acids is 1. The van der Waals surface area contributed by atoms with Crippen molar-refractivity contribution in [3.05, 3.63) is 102 Å². The highest BCUT2D eigenvalue weighted by atomic mass is 16.4. The minimum atomic E-state index is -1.03. The second kappa shape index (κ2) is 11.4. The molecular formula is C27H26N2O4. The summed E-state index contributed by atoms with van der Waals surface area (Å²) in [5, 5.41) is 14.5. The van der Waals surface area contributed by atoms with E-state index in [-0.39, 0.29) is 19.4 Å². The highest BCUT2D eigenvalue weighted by molar-refractivity contribution is 5.98. The van der Waals surface area contributed by atoms with Crippen molar-refractivity contribution in [3.63, 3.8) is 0 Å². The van der Waals surface area contributed by atoms with Crippen molar-refractivity contribution in [3.8, 4) is 11.1 Å². The molecule has 168 valence electrons. The van der Waals surface area contributed by atoms with E-state index in [1.54, 1.807) is 18.2 Å². The van der Waals surface area contributed by atoms with Crippen LogP contribution in [0, 0.1) is 0 Å². The molecule has 3 N–H and O–H groups in total. The maximum absolute atomic E-state index is 12.8. The fourth-order valence-corrected chi connectivity index (χ4v) is 3.37. The molecule has 0 aliphatic heterocycles. The van der Waals surface area contributed by atoms with Crippen molar-refractivity contribution in [1.29, 1.82) is 0 Å². The van der Waals surface area contributed by atoms with Gasteiger partial charge in [0.05, 0.1) is 0 Å². The van der Waals surface area contributed by atoms with Gasteiger partial charge in [0.25, 0.3) is 5.91 Å². The number of hydrogen-bond donors (Lipinski definition) is 3. The molecule has 0 fully saturated rings. The lowest BCUT2D eigenvalue weighted by Crippen LogP contribution is -2.46. The molecule has 6 nitrogen and oxygen atoms in total. The fourth-order valence-electron chi connectivity index (χ4n) is 3.37. The normalized spacial score (nSPS) is 11.3. The predicted molar refractivity (Wildman–Crippen MR) is 128 cm³/mol. The molecule has 1 atom stereocenters. The summed E-state index contributed by atoms with van der Waals surface area (Å²) in [6, 6.07) is 23.4. The Bertz CT molecular complexity index is 1120. The topological polar surface area (TPSA) is 95.5 Å². The molecule has 2 amide bonds. The van der Waals surface area contributed by atoms with Crippen molar-refractivity contribution in [2.45, 2.75) is 25.4 Å². The number of carboxylic acid groups (broad SMARTS) is 1. The van der Waals surface area contributed by atoms with Gasteiger partial charge in [0, 0.05) is 18.5 Å². The molecular weight excluding hydrogens is 416 g/mol. The monoisotopic (exact) mass is 442 g/mol. The van der Waals surface area contributed by atoms with Crippen LogP contribution >= 0.6 is 0 Å². The Hall–Kier alpha value is -4.19. The molecule has 0 unspecified atom stereocenters. The van der Waals surface area contributed by atoms with Crippen molar-refractivity contribution in [2.24, 2.45) is 0 Å². The van der Waals surface area contributed by atoms with Crippen LogP contribution in [0.15, 0.2) is 85.4 Å². The van der Waals surface area contributed by atoms with Gasteiger partial charge in [-0.05, 0) is 46.9 Å². The highest BCUT2D eigenvalue weighted by Gasteiger charge is 2.22. The fraction of sp³-hybridized carbons (Fsp3) is 0.148. The minimum Gasteiger partial charge on any atom is -0.481 e. The van der Waals surface area contributed by atoms with Gasteiger partial charge in [0.2, 0.25) is 5.91 Å². The maximum atomic E-state index is 12.8. The van der Waals surface area contributed by atoms with Crippen molar-refractivity contribution < 1.29 is 19.5 Å². The van der Waals surface area contributed by atoms with Crippen LogP contribution in [0.1, 0.15) is 34.3 Å². The van der Waals surface area contributed by atoms with E-state index < -0.39 is 23.8 Å². The molecule has 3 aromatic carbocycles. The van der Waals surface area contributed by atoms with Gasteiger partial charge in [-0.2, -0.15) is 0 Å². The van der Waals surface area contributed by atoms with E-state index >= 15 is 0 Å². The van der Waals surface area contributed by atoms with Gasteiger partial charge in [0.15, 0.2) is 0 Å². The van der Waals surface area contributed by atoms with Crippen LogP contribution in [0.3, 0.4) is 0 Å². The SMILES string of the molecule is C=Cc1cccc(CNC(=O)[C@H](CCC(=O)O)NC(=O)c2ccc(-c3ccccc3)cc2)c1. The van der Waals surface area contributed by atoms with Crippen LogP contribution in [-0.4, -0.2) is 28.9 Å². The minimum absolute atomic E-state index is 0.0122. The Morgan fingerprint density at radius 3 is 2.27 bits per heavy atom. The van der Waals surface area contributed by atoms with Crippen molar-refractivity contribution in [2.75, 3.05) is 0 Å². The predicted octanol–water partition coefficient (Wildman–Crippen LogP) is 4.28. The standard InChI is InChI=1S/C27H26N2O4/c1-2-19-7-6-8-20(17-19)18-28-27(33)24(15-16-25(30)31)29-26(32)23-13-11-22(12-14-23)21-9-4-3-5-10-21/h2-14,17,24H,1,15-16,18H2,(H,28,33)(H,29,32)(H,30,31)/t24-/m0/s1. The molecule has 33 heavy (non-hydrogen) atoms. The summed E-state index contributed by atoms with van der Waals surface area (Å²) in [7, 11) is 0. The van der Waals surface area contributed by atoms with Crippen LogP contribution in [0.2, 0.25) is 0 Å². The van der Waals surface area contributed by atoms with Crippen molar-refractivity contribution >= 4 is 23.9 Å². The van der Waals surface area contributed by atoms with Gasteiger partial charge in [-0.25, -0.2) is 0 Å². The summed E-state index contributed by atoms with van der Waals surface area (Å²) in [6.07, 6.45) is 1.46. The van der Waals surface area contributed by atoms with Gasteiger partial charge in [-0.3, -0.25) is 14.4 Å². The molecule has 0 saturated carbocycles. The summed E-state index contributed by atoms with van der Waals surface area (Å²) in [5.74, 6) is -1.91. The summed E-state index contributed by atoms with van der Waals surface area (Å²) in [6.45, 7) is 3.99. The van der Waals surface area contributed by atoms with E-state index in [0.717, 1.165) is 22.3 Å². The van der Waals surface area contributed by atoms with Crippen LogP contribution < -0.4 is 10.6 Å². The lowest BCUT2D eigenvalue weighted by molar-refractivity contribution is -0.137. The molecule has 0 radical (unpaired) electrons. The Labute approximate surface area is 193 Å². The second-order valence-corrected chi connectivity index (χ2v) is 7.57. The van der Waals surface area contributed by atoms with Crippen molar-refractivity contribution in [1.82, 2.24) is 10.6 Å². The van der Waals surface area contributed by atoms with E-state index in [1.807, 2.05) is 66.7 Å². The number of carbonyl (C=O) groups excluding carboxylic acids is 2. The quantitative estimate of drug-likeness (QED) is 0.437. The summed E-state index contributed by atoms with van der Waals surface area (Å²) in [5.41, 5.74) is 4.19. The highest BCUT2D eigenvalue weighted by Crippen LogP contribution is 2.19. The van der Waals surface area contributed by atoms with Gasteiger partial charge in [-0.15, -0.1) is 0 Å². The van der Waals surface area contributed by atoms with E-state index in [0.29, 0.717) is 5.56 Å². The first-order valence-electron chi connectivity index (χ1n) is 10.6. The molecule has 0 heterocycles. The number of amides is 2. The van der Waals surface area contributed by atoms with Crippen LogP contribution in [0.25, 0.3) is 17.2 Å². The Morgan fingerprint density at radius 2 is 1.61 bits per heavy atom. The first-order chi connectivity index (χ1) is 16.0.